The summed E-state index contributed by atoms with van der Waals surface area (Å²) in [7, 11) is 2.14. The van der Waals surface area contributed by atoms with Crippen LogP contribution in [-0.4, -0.2) is 34.6 Å². The van der Waals surface area contributed by atoms with Crippen LogP contribution >= 0.6 is 11.3 Å². The highest BCUT2D eigenvalue weighted by atomic mass is 32.1. The molecule has 24 heavy (non-hydrogen) atoms. The van der Waals surface area contributed by atoms with Crippen molar-refractivity contribution >= 4 is 21.6 Å². The number of likely N-dealkylation sites (tertiary alicyclic amines) is 1. The summed E-state index contributed by atoms with van der Waals surface area (Å²) in [6.45, 7) is 4.02. The van der Waals surface area contributed by atoms with Gasteiger partial charge in [-0.1, -0.05) is 30.3 Å². The van der Waals surface area contributed by atoms with E-state index in [9.17, 15) is 4.79 Å². The van der Waals surface area contributed by atoms with Crippen LogP contribution in [0.2, 0.25) is 0 Å². The van der Waals surface area contributed by atoms with Gasteiger partial charge in [0.25, 0.3) is 5.56 Å². The first-order valence-corrected chi connectivity index (χ1v) is 9.27. The number of hydrogen-bond acceptors (Lipinski definition) is 4. The standard InChI is InChI=1S/C19H21N3OS/c1-13-20-18-17(16(12-24-18)14-6-4-3-5-7-14)19(23)22(13)15-8-10-21(2)11-9-15/h3-7,12,15H,8-11H2,1-2H3. The molecule has 3 aromatic rings. The lowest BCUT2D eigenvalue weighted by Gasteiger charge is -2.31. The molecule has 0 atom stereocenters. The highest BCUT2D eigenvalue weighted by molar-refractivity contribution is 7.17. The van der Waals surface area contributed by atoms with Crippen LogP contribution in [0.5, 0.6) is 0 Å². The predicted octanol–water partition coefficient (Wildman–Crippen LogP) is 3.70. The van der Waals surface area contributed by atoms with Gasteiger partial charge in [-0.15, -0.1) is 11.3 Å². The van der Waals surface area contributed by atoms with Gasteiger partial charge in [0.1, 0.15) is 10.7 Å². The third-order valence-electron chi connectivity index (χ3n) is 4.95. The van der Waals surface area contributed by atoms with Crippen LogP contribution in [0.3, 0.4) is 0 Å². The molecule has 2 aromatic heterocycles. The molecule has 3 heterocycles. The molecule has 0 N–H and O–H groups in total. The Labute approximate surface area is 145 Å². The fraction of sp³-hybridized carbons (Fsp3) is 0.368. The second-order valence-electron chi connectivity index (χ2n) is 6.56. The molecular weight excluding hydrogens is 318 g/mol. The molecule has 0 spiro atoms. The molecule has 1 aliphatic rings. The molecule has 124 valence electrons. The van der Waals surface area contributed by atoms with Gasteiger partial charge in [-0.3, -0.25) is 9.36 Å². The molecule has 4 nitrogen and oxygen atoms in total. The molecule has 0 saturated carbocycles. The molecule has 1 aliphatic heterocycles. The Balaban J connectivity index is 1.88. The molecule has 0 unspecified atom stereocenters. The minimum absolute atomic E-state index is 0.118. The van der Waals surface area contributed by atoms with E-state index in [1.54, 1.807) is 11.3 Å². The maximum absolute atomic E-state index is 13.3. The van der Waals surface area contributed by atoms with E-state index in [2.05, 4.69) is 29.5 Å². The summed E-state index contributed by atoms with van der Waals surface area (Å²) in [5.74, 6) is 0.837. The maximum Gasteiger partial charge on any atom is 0.263 e. The van der Waals surface area contributed by atoms with Gasteiger partial charge in [-0.2, -0.15) is 0 Å². The van der Waals surface area contributed by atoms with Crippen molar-refractivity contribution in [2.45, 2.75) is 25.8 Å². The lowest BCUT2D eigenvalue weighted by Crippen LogP contribution is -2.36. The number of thiophene rings is 1. The summed E-state index contributed by atoms with van der Waals surface area (Å²) >= 11 is 1.56. The van der Waals surface area contributed by atoms with Gasteiger partial charge in [-0.25, -0.2) is 4.98 Å². The predicted molar refractivity (Wildman–Crippen MR) is 99.8 cm³/mol. The van der Waals surface area contributed by atoms with E-state index in [1.165, 1.54) is 0 Å². The van der Waals surface area contributed by atoms with Crippen LogP contribution in [0.1, 0.15) is 24.7 Å². The highest BCUT2D eigenvalue weighted by Gasteiger charge is 2.23. The van der Waals surface area contributed by atoms with Crippen molar-refractivity contribution in [2.24, 2.45) is 0 Å². The Morgan fingerprint density at radius 2 is 1.88 bits per heavy atom. The van der Waals surface area contributed by atoms with Crippen LogP contribution in [0, 0.1) is 6.92 Å². The first kappa shape index (κ1) is 15.5. The molecule has 1 fully saturated rings. The number of hydrogen-bond donors (Lipinski definition) is 0. The number of rotatable bonds is 2. The molecular formula is C19H21N3OS. The number of aromatic nitrogens is 2. The Morgan fingerprint density at radius 3 is 2.58 bits per heavy atom. The fourth-order valence-electron chi connectivity index (χ4n) is 3.62. The molecule has 5 heteroatoms. The van der Waals surface area contributed by atoms with Gasteiger partial charge < -0.3 is 4.90 Å². The van der Waals surface area contributed by atoms with Crippen molar-refractivity contribution in [1.82, 2.24) is 14.5 Å². The van der Waals surface area contributed by atoms with Crippen molar-refractivity contribution in [1.29, 1.82) is 0 Å². The van der Waals surface area contributed by atoms with E-state index in [1.807, 2.05) is 29.7 Å². The number of fused-ring (bicyclic) bond motifs is 1. The van der Waals surface area contributed by atoms with E-state index in [-0.39, 0.29) is 11.6 Å². The zero-order valence-electron chi connectivity index (χ0n) is 14.0. The van der Waals surface area contributed by atoms with Gasteiger partial charge in [-0.05, 0) is 45.5 Å². The average molecular weight is 339 g/mol. The maximum atomic E-state index is 13.3. The Kier molecular flexibility index (Phi) is 3.98. The van der Waals surface area contributed by atoms with Crippen molar-refractivity contribution in [2.75, 3.05) is 20.1 Å². The van der Waals surface area contributed by atoms with Crippen LogP contribution in [-0.2, 0) is 0 Å². The van der Waals surface area contributed by atoms with Gasteiger partial charge in [0.05, 0.1) is 5.39 Å². The fourth-order valence-corrected chi connectivity index (χ4v) is 4.60. The quantitative estimate of drug-likeness (QED) is 0.714. The highest BCUT2D eigenvalue weighted by Crippen LogP contribution is 2.32. The van der Waals surface area contributed by atoms with E-state index >= 15 is 0 Å². The molecule has 0 aliphatic carbocycles. The molecule has 1 saturated heterocycles. The SMILES string of the molecule is Cc1nc2scc(-c3ccccc3)c2c(=O)n1C1CCN(C)CC1. The second-order valence-corrected chi connectivity index (χ2v) is 7.42. The molecule has 0 bridgehead atoms. The normalized spacial score (nSPS) is 16.8. The lowest BCUT2D eigenvalue weighted by atomic mass is 10.0. The van der Waals surface area contributed by atoms with Gasteiger partial charge in [0.15, 0.2) is 0 Å². The topological polar surface area (TPSA) is 38.1 Å². The number of nitrogens with zero attached hydrogens (tertiary/aromatic N) is 3. The van der Waals surface area contributed by atoms with Crippen LogP contribution in [0.25, 0.3) is 21.3 Å². The largest absolute Gasteiger partial charge is 0.306 e. The number of benzene rings is 1. The molecule has 0 amide bonds. The van der Waals surface area contributed by atoms with Gasteiger partial charge in [0.2, 0.25) is 0 Å². The first-order chi connectivity index (χ1) is 11.6. The van der Waals surface area contributed by atoms with Crippen molar-refractivity contribution < 1.29 is 0 Å². The minimum atomic E-state index is 0.118. The van der Waals surface area contributed by atoms with E-state index in [0.717, 1.165) is 53.1 Å². The van der Waals surface area contributed by atoms with Crippen molar-refractivity contribution in [3.63, 3.8) is 0 Å². The average Bonchev–Trinajstić information content (AvgIpc) is 3.01. The van der Waals surface area contributed by atoms with Crippen LogP contribution < -0.4 is 5.56 Å². The van der Waals surface area contributed by atoms with E-state index in [0.29, 0.717) is 0 Å². The minimum Gasteiger partial charge on any atom is -0.306 e. The van der Waals surface area contributed by atoms with E-state index in [4.69, 9.17) is 4.98 Å². The smallest absolute Gasteiger partial charge is 0.263 e. The Morgan fingerprint density at radius 1 is 1.17 bits per heavy atom. The third kappa shape index (κ3) is 2.58. The molecule has 4 rings (SSSR count). The van der Waals surface area contributed by atoms with Gasteiger partial charge >= 0.3 is 0 Å². The number of aryl methyl sites for hydroxylation is 1. The molecule has 1 aromatic carbocycles. The van der Waals surface area contributed by atoms with Crippen molar-refractivity contribution in [3.8, 4) is 11.1 Å². The van der Waals surface area contributed by atoms with Crippen molar-refractivity contribution in [3.05, 3.63) is 51.9 Å². The summed E-state index contributed by atoms with van der Waals surface area (Å²) < 4.78 is 1.94. The van der Waals surface area contributed by atoms with E-state index < -0.39 is 0 Å². The van der Waals surface area contributed by atoms with Gasteiger partial charge in [0, 0.05) is 17.0 Å². The second kappa shape index (κ2) is 6.15. The summed E-state index contributed by atoms with van der Waals surface area (Å²) in [5.41, 5.74) is 2.21. The summed E-state index contributed by atoms with van der Waals surface area (Å²) in [6.07, 6.45) is 2.02. The summed E-state index contributed by atoms with van der Waals surface area (Å²) in [4.78, 5) is 21.2. The zero-order chi connectivity index (χ0) is 16.7. The lowest BCUT2D eigenvalue weighted by molar-refractivity contribution is 0.216. The Bertz CT molecular complexity index is 921. The van der Waals surface area contributed by atoms with Crippen LogP contribution in [0.15, 0.2) is 40.5 Å². The number of piperidine rings is 1. The third-order valence-corrected chi connectivity index (χ3v) is 5.83. The first-order valence-electron chi connectivity index (χ1n) is 8.39. The molecule has 0 radical (unpaired) electrons. The Hall–Kier alpha value is -1.98. The van der Waals surface area contributed by atoms with Crippen LogP contribution in [0.4, 0.5) is 0 Å². The summed E-state index contributed by atoms with van der Waals surface area (Å²) in [5, 5.41) is 2.84. The monoisotopic (exact) mass is 339 g/mol. The zero-order valence-corrected chi connectivity index (χ0v) is 14.8. The summed E-state index contributed by atoms with van der Waals surface area (Å²) in [6, 6.07) is 10.4.